The van der Waals surface area contributed by atoms with Crippen molar-refractivity contribution in [2.24, 2.45) is 0 Å². The van der Waals surface area contributed by atoms with E-state index in [0.717, 1.165) is 10.2 Å². The maximum absolute atomic E-state index is 12.2. The quantitative estimate of drug-likeness (QED) is 0.942. The predicted octanol–water partition coefficient (Wildman–Crippen LogP) is 3.41. The monoisotopic (exact) mass is 320 g/mol. The van der Waals surface area contributed by atoms with Gasteiger partial charge in [0.05, 0.1) is 12.7 Å². The Kier molecular flexibility index (Phi) is 4.16. The lowest BCUT2D eigenvalue weighted by molar-refractivity contribution is 0.102. The topological polar surface area (TPSA) is 51.2 Å². The highest BCUT2D eigenvalue weighted by Crippen LogP contribution is 2.24. The molecule has 1 amide bonds. The zero-order valence-electron chi connectivity index (χ0n) is 10.6. The largest absolute Gasteiger partial charge is 0.496 e. The molecule has 4 nitrogen and oxygen atoms in total. The molecule has 0 radical (unpaired) electrons. The van der Waals surface area contributed by atoms with E-state index in [1.54, 1.807) is 30.5 Å². The fourth-order valence-electron chi connectivity index (χ4n) is 1.67. The number of rotatable bonds is 3. The molecule has 0 aliphatic carbocycles. The number of benzene rings is 1. The Bertz CT molecular complexity index is 614. The van der Waals surface area contributed by atoms with Crippen LogP contribution in [0.1, 0.15) is 16.1 Å². The number of ether oxygens (including phenoxy) is 1. The summed E-state index contributed by atoms with van der Waals surface area (Å²) in [6.07, 6.45) is 1.66. The van der Waals surface area contributed by atoms with Gasteiger partial charge in [-0.25, -0.2) is 0 Å². The summed E-state index contributed by atoms with van der Waals surface area (Å²) in [5.41, 5.74) is 2.04. The number of hydrogen-bond acceptors (Lipinski definition) is 3. The summed E-state index contributed by atoms with van der Waals surface area (Å²) < 4.78 is 6.07. The summed E-state index contributed by atoms with van der Waals surface area (Å²) in [5, 5.41) is 2.82. The second kappa shape index (κ2) is 5.84. The van der Waals surface area contributed by atoms with Crippen LogP contribution < -0.4 is 10.1 Å². The van der Waals surface area contributed by atoms with Gasteiger partial charge in [0.2, 0.25) is 0 Å². The zero-order chi connectivity index (χ0) is 13.8. The minimum atomic E-state index is -0.213. The van der Waals surface area contributed by atoms with Crippen LogP contribution in [0.3, 0.4) is 0 Å². The average Bonchev–Trinajstić information content (AvgIpc) is 2.38. The van der Waals surface area contributed by atoms with E-state index in [4.69, 9.17) is 4.74 Å². The maximum atomic E-state index is 12.2. The molecule has 0 saturated carbocycles. The summed E-state index contributed by atoms with van der Waals surface area (Å²) in [6, 6.07) is 8.83. The number of amides is 1. The van der Waals surface area contributed by atoms with E-state index >= 15 is 0 Å². The standard InChI is InChI=1S/C14H13BrN2O2/c1-9-7-11(5-6-16-9)17-14(18)12-4-3-10(15)8-13(12)19-2/h3-8H,1-2H3,(H,16,17,18). The number of carbonyl (C=O) groups excluding carboxylic acids is 1. The SMILES string of the molecule is COc1cc(Br)ccc1C(=O)Nc1ccnc(C)c1. The third-order valence-electron chi connectivity index (χ3n) is 2.56. The Labute approximate surface area is 119 Å². The molecule has 0 fully saturated rings. The first-order chi connectivity index (χ1) is 9.10. The Balaban J connectivity index is 2.25. The van der Waals surface area contributed by atoms with Crippen LogP contribution in [0.25, 0.3) is 0 Å². The third-order valence-corrected chi connectivity index (χ3v) is 3.06. The highest BCUT2D eigenvalue weighted by Gasteiger charge is 2.12. The Morgan fingerprint density at radius 1 is 1.32 bits per heavy atom. The number of halogens is 1. The summed E-state index contributed by atoms with van der Waals surface area (Å²) in [4.78, 5) is 16.3. The number of carbonyl (C=O) groups is 1. The van der Waals surface area contributed by atoms with E-state index in [1.165, 1.54) is 7.11 Å². The van der Waals surface area contributed by atoms with Gasteiger partial charge >= 0.3 is 0 Å². The van der Waals surface area contributed by atoms with Crippen LogP contribution in [0.15, 0.2) is 41.0 Å². The molecule has 0 aliphatic rings. The van der Waals surface area contributed by atoms with E-state index in [-0.39, 0.29) is 5.91 Å². The van der Waals surface area contributed by atoms with E-state index in [1.807, 2.05) is 13.0 Å². The molecule has 2 rings (SSSR count). The number of nitrogens with zero attached hydrogens (tertiary/aromatic N) is 1. The molecular formula is C14H13BrN2O2. The van der Waals surface area contributed by atoms with E-state index in [9.17, 15) is 4.79 Å². The zero-order valence-corrected chi connectivity index (χ0v) is 12.2. The van der Waals surface area contributed by atoms with Gasteiger partial charge in [-0.05, 0) is 37.3 Å². The van der Waals surface area contributed by atoms with Gasteiger partial charge in [0.15, 0.2) is 0 Å². The van der Waals surface area contributed by atoms with Crippen molar-refractivity contribution in [3.05, 3.63) is 52.3 Å². The molecule has 0 aliphatic heterocycles. The molecule has 5 heteroatoms. The van der Waals surface area contributed by atoms with Gasteiger partial charge in [-0.3, -0.25) is 9.78 Å². The lowest BCUT2D eigenvalue weighted by Crippen LogP contribution is -2.13. The molecule has 1 N–H and O–H groups in total. The summed E-state index contributed by atoms with van der Waals surface area (Å²) in [7, 11) is 1.54. The second-order valence-corrected chi connectivity index (χ2v) is 4.90. The molecule has 0 saturated heterocycles. The molecule has 0 spiro atoms. The molecular weight excluding hydrogens is 308 g/mol. The minimum Gasteiger partial charge on any atom is -0.496 e. The van der Waals surface area contributed by atoms with Crippen molar-refractivity contribution in [3.8, 4) is 5.75 Å². The predicted molar refractivity (Wildman–Crippen MR) is 77.6 cm³/mol. The van der Waals surface area contributed by atoms with Crippen LogP contribution >= 0.6 is 15.9 Å². The molecule has 0 atom stereocenters. The number of aryl methyl sites for hydroxylation is 1. The van der Waals surface area contributed by atoms with Crippen LogP contribution in [-0.4, -0.2) is 18.0 Å². The van der Waals surface area contributed by atoms with Gasteiger partial charge in [0.1, 0.15) is 5.75 Å². The van der Waals surface area contributed by atoms with Crippen LogP contribution in [0.2, 0.25) is 0 Å². The maximum Gasteiger partial charge on any atom is 0.259 e. The Morgan fingerprint density at radius 3 is 2.79 bits per heavy atom. The molecule has 1 aromatic carbocycles. The highest BCUT2D eigenvalue weighted by atomic mass is 79.9. The van der Waals surface area contributed by atoms with E-state index in [0.29, 0.717) is 17.0 Å². The van der Waals surface area contributed by atoms with Gasteiger partial charge in [-0.1, -0.05) is 15.9 Å². The van der Waals surface area contributed by atoms with Crippen molar-refractivity contribution in [3.63, 3.8) is 0 Å². The Morgan fingerprint density at radius 2 is 2.11 bits per heavy atom. The number of aromatic nitrogens is 1. The Hall–Kier alpha value is -1.88. The molecule has 0 bridgehead atoms. The van der Waals surface area contributed by atoms with Crippen molar-refractivity contribution in [2.75, 3.05) is 12.4 Å². The van der Waals surface area contributed by atoms with Crippen LogP contribution in [-0.2, 0) is 0 Å². The fourth-order valence-corrected chi connectivity index (χ4v) is 2.01. The first kappa shape index (κ1) is 13.5. The molecule has 98 valence electrons. The fraction of sp³-hybridized carbons (Fsp3) is 0.143. The highest BCUT2D eigenvalue weighted by molar-refractivity contribution is 9.10. The normalized spacial score (nSPS) is 10.1. The molecule has 0 unspecified atom stereocenters. The molecule has 1 aromatic heterocycles. The second-order valence-electron chi connectivity index (χ2n) is 3.98. The van der Waals surface area contributed by atoms with Gasteiger partial charge < -0.3 is 10.1 Å². The van der Waals surface area contributed by atoms with E-state index in [2.05, 4.69) is 26.2 Å². The van der Waals surface area contributed by atoms with Crippen molar-refractivity contribution >= 4 is 27.5 Å². The van der Waals surface area contributed by atoms with Gasteiger partial charge in [0, 0.05) is 22.1 Å². The van der Waals surface area contributed by atoms with Crippen LogP contribution in [0.4, 0.5) is 5.69 Å². The number of anilines is 1. The van der Waals surface area contributed by atoms with Gasteiger partial charge in [-0.15, -0.1) is 0 Å². The third kappa shape index (κ3) is 3.32. The number of hydrogen-bond donors (Lipinski definition) is 1. The number of methoxy groups -OCH3 is 1. The van der Waals surface area contributed by atoms with Gasteiger partial charge in [0.25, 0.3) is 5.91 Å². The van der Waals surface area contributed by atoms with Crippen molar-refractivity contribution in [1.82, 2.24) is 4.98 Å². The lowest BCUT2D eigenvalue weighted by atomic mass is 10.2. The van der Waals surface area contributed by atoms with Crippen molar-refractivity contribution in [1.29, 1.82) is 0 Å². The van der Waals surface area contributed by atoms with Gasteiger partial charge in [-0.2, -0.15) is 0 Å². The van der Waals surface area contributed by atoms with E-state index < -0.39 is 0 Å². The van der Waals surface area contributed by atoms with Crippen LogP contribution in [0.5, 0.6) is 5.75 Å². The number of pyridine rings is 1. The van der Waals surface area contributed by atoms with Crippen molar-refractivity contribution in [2.45, 2.75) is 6.92 Å². The molecule has 19 heavy (non-hydrogen) atoms. The molecule has 2 aromatic rings. The summed E-state index contributed by atoms with van der Waals surface area (Å²) in [6.45, 7) is 1.87. The van der Waals surface area contributed by atoms with Crippen LogP contribution in [0, 0.1) is 6.92 Å². The number of nitrogens with one attached hydrogen (secondary N) is 1. The summed E-state index contributed by atoms with van der Waals surface area (Å²) >= 11 is 3.34. The first-order valence-corrected chi connectivity index (χ1v) is 6.47. The molecule has 1 heterocycles. The van der Waals surface area contributed by atoms with Crippen molar-refractivity contribution < 1.29 is 9.53 Å². The summed E-state index contributed by atoms with van der Waals surface area (Å²) in [5.74, 6) is 0.313. The minimum absolute atomic E-state index is 0.213. The first-order valence-electron chi connectivity index (χ1n) is 5.67. The average molecular weight is 321 g/mol. The smallest absolute Gasteiger partial charge is 0.259 e. The lowest BCUT2D eigenvalue weighted by Gasteiger charge is -2.10.